The van der Waals surface area contributed by atoms with Crippen molar-refractivity contribution in [2.24, 2.45) is 5.92 Å². The van der Waals surface area contributed by atoms with Gasteiger partial charge in [-0.25, -0.2) is 8.42 Å². The Bertz CT molecular complexity index is 1470. The summed E-state index contributed by atoms with van der Waals surface area (Å²) in [4.78, 5) is 13.6. The van der Waals surface area contributed by atoms with Gasteiger partial charge in [-0.2, -0.15) is 4.31 Å². The summed E-state index contributed by atoms with van der Waals surface area (Å²) in [6.07, 6.45) is 3.12. The number of hydrogen-bond acceptors (Lipinski definition) is 6. The highest BCUT2D eigenvalue weighted by molar-refractivity contribution is 7.89. The first-order chi connectivity index (χ1) is 18.4. The first-order valence-corrected chi connectivity index (χ1v) is 14.4. The minimum atomic E-state index is -3.62. The largest absolute Gasteiger partial charge is 0.454 e. The predicted molar refractivity (Wildman–Crippen MR) is 145 cm³/mol. The molecule has 3 aliphatic rings. The lowest BCUT2D eigenvalue weighted by Gasteiger charge is -2.31. The molecule has 3 aromatic rings. The molecular weight excluding hydrogens is 504 g/mol. The van der Waals surface area contributed by atoms with Crippen molar-refractivity contribution < 1.29 is 29.2 Å². The number of nitrogens with one attached hydrogen (secondary N) is 1. The average molecular weight is 537 g/mol. The Morgan fingerprint density at radius 3 is 2.58 bits per heavy atom. The molecule has 200 valence electrons. The van der Waals surface area contributed by atoms with E-state index in [0.717, 1.165) is 42.4 Å². The van der Waals surface area contributed by atoms with Gasteiger partial charge in [-0.1, -0.05) is 30.3 Å². The van der Waals surface area contributed by atoms with Crippen LogP contribution in [0.25, 0.3) is 11.1 Å². The van der Waals surface area contributed by atoms with E-state index >= 15 is 0 Å². The van der Waals surface area contributed by atoms with E-state index in [4.69, 9.17) is 9.47 Å². The number of anilines is 1. The van der Waals surface area contributed by atoms with Crippen LogP contribution in [0.15, 0.2) is 71.6 Å². The third-order valence-corrected chi connectivity index (χ3v) is 9.67. The first kappa shape index (κ1) is 24.9. The van der Waals surface area contributed by atoms with Gasteiger partial charge in [-0.15, -0.1) is 0 Å². The van der Waals surface area contributed by atoms with Crippen molar-refractivity contribution in [2.75, 3.05) is 31.8 Å². The summed E-state index contributed by atoms with van der Waals surface area (Å²) in [6, 6.07) is 20.1. The van der Waals surface area contributed by atoms with Crippen LogP contribution in [0.1, 0.15) is 32.7 Å². The fraction of sp³-hybridized carbons (Fsp3) is 0.345. The van der Waals surface area contributed by atoms with Crippen LogP contribution in [-0.2, 0) is 20.2 Å². The number of piperidine rings is 1. The third-order valence-electron chi connectivity index (χ3n) is 7.80. The van der Waals surface area contributed by atoms with E-state index in [-0.39, 0.29) is 31.5 Å². The predicted octanol–water partition coefficient (Wildman–Crippen LogP) is 4.39. The highest BCUT2D eigenvalue weighted by Crippen LogP contribution is 2.51. The Morgan fingerprint density at radius 2 is 1.82 bits per heavy atom. The van der Waals surface area contributed by atoms with Crippen LogP contribution < -0.4 is 14.8 Å². The molecule has 1 saturated heterocycles. The molecule has 0 radical (unpaired) electrons. The maximum atomic E-state index is 13.3. The van der Waals surface area contributed by atoms with Crippen molar-refractivity contribution in [1.29, 1.82) is 0 Å². The van der Waals surface area contributed by atoms with E-state index in [1.54, 1.807) is 24.3 Å². The van der Waals surface area contributed by atoms with Crippen molar-refractivity contribution in [1.82, 2.24) is 4.31 Å². The zero-order valence-corrected chi connectivity index (χ0v) is 21.7. The van der Waals surface area contributed by atoms with Gasteiger partial charge in [0.1, 0.15) is 0 Å². The van der Waals surface area contributed by atoms with Crippen LogP contribution in [-0.4, -0.2) is 50.2 Å². The molecule has 1 unspecified atom stereocenters. The van der Waals surface area contributed by atoms with Gasteiger partial charge in [0, 0.05) is 26.8 Å². The van der Waals surface area contributed by atoms with Gasteiger partial charge in [0.05, 0.1) is 10.3 Å². The van der Waals surface area contributed by atoms with Gasteiger partial charge in [-0.05, 0) is 84.7 Å². The molecule has 0 aromatic heterocycles. The normalized spacial score (nSPS) is 20.2. The SMILES string of the molecule is O=C(Nc1cccc(-c2ccc(S(=O)(=O)N3CCCC(CO)C3)cc2)c1)C1(c2ccc3c(c2)OCO3)CC1.[HH]. The summed E-state index contributed by atoms with van der Waals surface area (Å²) < 4.78 is 38.6. The molecule has 9 heteroatoms. The van der Waals surface area contributed by atoms with E-state index in [0.29, 0.717) is 30.3 Å². The number of nitrogens with zero attached hydrogens (tertiary/aromatic N) is 1. The van der Waals surface area contributed by atoms with Gasteiger partial charge in [-0.3, -0.25) is 4.79 Å². The number of ether oxygens (including phenoxy) is 2. The van der Waals surface area contributed by atoms with Gasteiger partial charge in [0.2, 0.25) is 22.7 Å². The second-order valence-corrected chi connectivity index (χ2v) is 12.2. The number of carbonyl (C=O) groups is 1. The number of amides is 1. The van der Waals surface area contributed by atoms with Crippen LogP contribution in [0.2, 0.25) is 0 Å². The molecule has 1 aliphatic carbocycles. The highest BCUT2D eigenvalue weighted by atomic mass is 32.2. The maximum absolute atomic E-state index is 13.3. The average Bonchev–Trinajstić information content (AvgIpc) is 3.64. The molecule has 3 aromatic carbocycles. The Kier molecular flexibility index (Phi) is 6.37. The monoisotopic (exact) mass is 536 g/mol. The number of fused-ring (bicyclic) bond motifs is 1. The molecular formula is C29H32N2O6S. The topological polar surface area (TPSA) is 105 Å². The summed E-state index contributed by atoms with van der Waals surface area (Å²) in [5, 5.41) is 12.5. The highest BCUT2D eigenvalue weighted by Gasteiger charge is 2.51. The number of hydrogen-bond donors (Lipinski definition) is 2. The Morgan fingerprint density at radius 1 is 1.03 bits per heavy atom. The lowest BCUT2D eigenvalue weighted by molar-refractivity contribution is -0.118. The summed E-state index contributed by atoms with van der Waals surface area (Å²) >= 11 is 0. The standard InChI is InChI=1S/C29H30N2O6S.H2/c32-18-20-3-2-14-31(17-20)38(34,35)25-9-6-21(7-10-25)22-4-1-5-24(15-22)30-28(33)29(12-13-29)23-8-11-26-27(16-23)37-19-36-26;/h1,4-11,15-16,20,32H,2-3,12-14,17-19H2,(H,30,33);1H. The second kappa shape index (κ2) is 9.72. The van der Waals surface area contributed by atoms with E-state index in [2.05, 4.69) is 5.32 Å². The lowest BCUT2D eigenvalue weighted by Crippen LogP contribution is -2.40. The summed E-state index contributed by atoms with van der Waals surface area (Å²) in [5.74, 6) is 1.29. The molecule has 2 N–H and O–H groups in total. The molecule has 38 heavy (non-hydrogen) atoms. The van der Waals surface area contributed by atoms with Crippen LogP contribution in [0.3, 0.4) is 0 Å². The van der Waals surface area contributed by atoms with E-state index in [1.165, 1.54) is 4.31 Å². The Hall–Kier alpha value is -3.40. The fourth-order valence-electron chi connectivity index (χ4n) is 5.36. The Balaban J connectivity index is 0.00000308. The number of aliphatic hydroxyl groups excluding tert-OH is 1. The summed E-state index contributed by atoms with van der Waals surface area (Å²) in [7, 11) is -3.62. The third kappa shape index (κ3) is 4.55. The number of benzene rings is 3. The van der Waals surface area contributed by atoms with Crippen molar-refractivity contribution >= 4 is 21.6 Å². The number of aliphatic hydroxyl groups is 1. The Labute approximate surface area is 223 Å². The molecule has 1 saturated carbocycles. The summed E-state index contributed by atoms with van der Waals surface area (Å²) in [6.45, 7) is 1.00. The minimum Gasteiger partial charge on any atom is -0.454 e. The number of rotatable bonds is 7. The van der Waals surface area contributed by atoms with Gasteiger partial charge >= 0.3 is 0 Å². The molecule has 6 rings (SSSR count). The number of carbonyl (C=O) groups excluding carboxylic acids is 1. The van der Waals surface area contributed by atoms with Crippen LogP contribution in [0.5, 0.6) is 11.5 Å². The van der Waals surface area contributed by atoms with Gasteiger partial charge < -0.3 is 19.9 Å². The first-order valence-electron chi connectivity index (χ1n) is 12.9. The van der Waals surface area contributed by atoms with E-state index in [9.17, 15) is 18.3 Å². The zero-order chi connectivity index (χ0) is 26.3. The molecule has 8 nitrogen and oxygen atoms in total. The fourth-order valence-corrected chi connectivity index (χ4v) is 6.91. The minimum absolute atomic E-state index is 0. The van der Waals surface area contributed by atoms with Crippen molar-refractivity contribution in [3.05, 3.63) is 72.3 Å². The molecule has 0 bridgehead atoms. The molecule has 1 atom stereocenters. The molecule has 1 amide bonds. The van der Waals surface area contributed by atoms with Gasteiger partial charge in [0.25, 0.3) is 0 Å². The molecule has 2 fully saturated rings. The van der Waals surface area contributed by atoms with Gasteiger partial charge in [0.15, 0.2) is 11.5 Å². The maximum Gasteiger partial charge on any atom is 0.243 e. The van der Waals surface area contributed by atoms with Crippen molar-refractivity contribution in [3.63, 3.8) is 0 Å². The summed E-state index contributed by atoms with van der Waals surface area (Å²) in [5.41, 5.74) is 2.75. The quantitative estimate of drug-likeness (QED) is 0.464. The molecule has 2 heterocycles. The van der Waals surface area contributed by atoms with Crippen LogP contribution in [0, 0.1) is 5.92 Å². The van der Waals surface area contributed by atoms with Crippen LogP contribution >= 0.6 is 0 Å². The molecule has 0 spiro atoms. The van der Waals surface area contributed by atoms with Crippen LogP contribution in [0.4, 0.5) is 5.69 Å². The molecule has 2 aliphatic heterocycles. The lowest BCUT2D eigenvalue weighted by atomic mass is 9.94. The van der Waals surface area contributed by atoms with E-state index in [1.807, 2.05) is 42.5 Å². The smallest absolute Gasteiger partial charge is 0.243 e. The van der Waals surface area contributed by atoms with Crippen molar-refractivity contribution in [2.45, 2.75) is 36.0 Å². The number of sulfonamides is 1. The zero-order valence-electron chi connectivity index (χ0n) is 20.9. The van der Waals surface area contributed by atoms with E-state index < -0.39 is 15.4 Å². The second-order valence-electron chi connectivity index (χ2n) is 10.3. The van der Waals surface area contributed by atoms with Crippen molar-refractivity contribution in [3.8, 4) is 22.6 Å².